The summed E-state index contributed by atoms with van der Waals surface area (Å²) in [6.45, 7) is 2.16. The number of nitrogens with zero attached hydrogens (tertiary/aromatic N) is 1. The fraction of sp³-hybridized carbons (Fsp3) is 0.500. The molecule has 0 radical (unpaired) electrons. The highest BCUT2D eigenvalue weighted by molar-refractivity contribution is 6.31. The first-order valence-corrected chi connectivity index (χ1v) is 6.42. The molecule has 0 bridgehead atoms. The Morgan fingerprint density at radius 3 is 3.00 bits per heavy atom. The molecule has 1 aliphatic heterocycles. The highest BCUT2D eigenvalue weighted by Crippen LogP contribution is 2.32. The molecule has 1 N–H and O–H groups in total. The summed E-state index contributed by atoms with van der Waals surface area (Å²) in [6, 6.07) is 1.95. The van der Waals surface area contributed by atoms with Gasteiger partial charge in [0.05, 0.1) is 22.6 Å². The van der Waals surface area contributed by atoms with Crippen LogP contribution < -0.4 is 10.1 Å². The number of benzene rings is 1. The molecule has 19 heavy (non-hydrogen) atoms. The van der Waals surface area contributed by atoms with Gasteiger partial charge in [-0.2, -0.15) is 0 Å². The van der Waals surface area contributed by atoms with Crippen molar-refractivity contribution in [1.82, 2.24) is 5.32 Å². The topological polar surface area (TPSA) is 64.4 Å². The third-order valence-electron chi connectivity index (χ3n) is 3.07. The number of rotatable bonds is 4. The van der Waals surface area contributed by atoms with Gasteiger partial charge in [-0.25, -0.2) is 4.39 Å². The average Bonchev–Trinajstić information content (AvgIpc) is 2.40. The Hall–Kier alpha value is -1.40. The van der Waals surface area contributed by atoms with Crippen LogP contribution in [0.2, 0.25) is 5.02 Å². The zero-order valence-corrected chi connectivity index (χ0v) is 11.0. The molecule has 1 fully saturated rings. The van der Waals surface area contributed by atoms with Crippen LogP contribution in [0.15, 0.2) is 12.1 Å². The Labute approximate surface area is 114 Å². The number of nitrogens with one attached hydrogen (secondary N) is 1. The Bertz CT molecular complexity index is 478. The van der Waals surface area contributed by atoms with E-state index >= 15 is 0 Å². The van der Waals surface area contributed by atoms with Crippen LogP contribution in [0.5, 0.6) is 5.75 Å². The van der Waals surface area contributed by atoms with Crippen LogP contribution in [-0.4, -0.2) is 24.6 Å². The Kier molecular flexibility index (Phi) is 4.55. The van der Waals surface area contributed by atoms with Crippen LogP contribution in [0, 0.1) is 21.8 Å². The summed E-state index contributed by atoms with van der Waals surface area (Å²) in [5, 5.41) is 13.9. The van der Waals surface area contributed by atoms with Gasteiger partial charge in [-0.1, -0.05) is 11.6 Å². The van der Waals surface area contributed by atoms with Crippen molar-refractivity contribution in [3.8, 4) is 5.75 Å². The van der Waals surface area contributed by atoms with Crippen LogP contribution in [-0.2, 0) is 0 Å². The molecule has 0 aromatic heterocycles. The van der Waals surface area contributed by atoms with Crippen LogP contribution >= 0.6 is 11.6 Å². The van der Waals surface area contributed by atoms with Crippen molar-refractivity contribution in [3.05, 3.63) is 33.1 Å². The van der Waals surface area contributed by atoms with Gasteiger partial charge >= 0.3 is 5.69 Å². The van der Waals surface area contributed by atoms with E-state index in [1.165, 1.54) is 0 Å². The van der Waals surface area contributed by atoms with E-state index in [1.54, 1.807) is 0 Å². The lowest BCUT2D eigenvalue weighted by Crippen LogP contribution is -2.33. The normalized spacial score (nSPS) is 19.2. The maximum absolute atomic E-state index is 13.2. The average molecular weight is 289 g/mol. The van der Waals surface area contributed by atoms with Crippen molar-refractivity contribution in [1.29, 1.82) is 0 Å². The molecule has 2 rings (SSSR count). The second-order valence-corrected chi connectivity index (χ2v) is 4.92. The van der Waals surface area contributed by atoms with Crippen molar-refractivity contribution in [2.45, 2.75) is 12.8 Å². The third-order valence-corrected chi connectivity index (χ3v) is 3.36. The first-order valence-electron chi connectivity index (χ1n) is 6.05. The number of halogens is 2. The van der Waals surface area contributed by atoms with Crippen LogP contribution in [0.25, 0.3) is 0 Å². The molecular weight excluding hydrogens is 275 g/mol. The minimum Gasteiger partial charge on any atom is -0.486 e. The van der Waals surface area contributed by atoms with E-state index in [4.69, 9.17) is 16.3 Å². The first kappa shape index (κ1) is 14.0. The molecule has 0 saturated carbocycles. The fourth-order valence-electron chi connectivity index (χ4n) is 2.05. The second-order valence-electron chi connectivity index (χ2n) is 4.51. The van der Waals surface area contributed by atoms with Crippen LogP contribution in [0.1, 0.15) is 12.8 Å². The highest BCUT2D eigenvalue weighted by Gasteiger charge is 2.21. The zero-order chi connectivity index (χ0) is 13.8. The Balaban J connectivity index is 2.09. The molecule has 1 aromatic carbocycles. The SMILES string of the molecule is O=[N+]([O-])c1cc(F)c(Cl)cc1OCC1CCCNC1. The molecular formula is C12H14ClFN2O3. The lowest BCUT2D eigenvalue weighted by molar-refractivity contribution is -0.386. The lowest BCUT2D eigenvalue weighted by atomic mass is 10.0. The number of hydrogen-bond donors (Lipinski definition) is 1. The second kappa shape index (κ2) is 6.16. The number of nitro groups is 1. The number of hydrogen-bond acceptors (Lipinski definition) is 4. The molecule has 1 atom stereocenters. The molecule has 0 amide bonds. The molecule has 0 aliphatic carbocycles. The monoisotopic (exact) mass is 288 g/mol. The predicted octanol–water partition coefficient (Wildman–Crippen LogP) is 2.77. The highest BCUT2D eigenvalue weighted by atomic mass is 35.5. The molecule has 1 aromatic rings. The van der Waals surface area contributed by atoms with Crippen molar-refractivity contribution in [2.24, 2.45) is 5.92 Å². The van der Waals surface area contributed by atoms with Crippen molar-refractivity contribution in [2.75, 3.05) is 19.7 Å². The first-order chi connectivity index (χ1) is 9.08. The van der Waals surface area contributed by atoms with E-state index < -0.39 is 16.4 Å². The van der Waals surface area contributed by atoms with Gasteiger partial charge in [0.25, 0.3) is 0 Å². The van der Waals surface area contributed by atoms with Crippen molar-refractivity contribution < 1.29 is 14.1 Å². The van der Waals surface area contributed by atoms with E-state index in [1.807, 2.05) is 0 Å². The summed E-state index contributed by atoms with van der Waals surface area (Å²) in [5.74, 6) is -0.501. The summed E-state index contributed by atoms with van der Waals surface area (Å²) in [4.78, 5) is 10.2. The molecule has 1 saturated heterocycles. The van der Waals surface area contributed by atoms with Gasteiger partial charge in [0.2, 0.25) is 0 Å². The molecule has 1 aliphatic rings. The molecule has 0 spiro atoms. The Morgan fingerprint density at radius 2 is 2.37 bits per heavy atom. The molecule has 104 valence electrons. The van der Waals surface area contributed by atoms with Gasteiger partial charge in [0, 0.05) is 18.5 Å². The Morgan fingerprint density at radius 1 is 1.58 bits per heavy atom. The van der Waals surface area contributed by atoms with E-state index in [-0.39, 0.29) is 10.8 Å². The zero-order valence-electron chi connectivity index (χ0n) is 10.2. The van der Waals surface area contributed by atoms with Gasteiger partial charge in [0.1, 0.15) is 5.82 Å². The minimum atomic E-state index is -0.819. The summed E-state index contributed by atoms with van der Waals surface area (Å²) in [5.41, 5.74) is -0.398. The van der Waals surface area contributed by atoms with E-state index in [9.17, 15) is 14.5 Å². The maximum atomic E-state index is 13.2. The minimum absolute atomic E-state index is 0.0157. The summed E-state index contributed by atoms with van der Waals surface area (Å²) >= 11 is 5.62. The largest absolute Gasteiger partial charge is 0.486 e. The number of nitro benzene ring substituents is 1. The molecule has 7 heteroatoms. The quantitative estimate of drug-likeness (QED) is 0.683. The van der Waals surface area contributed by atoms with Gasteiger partial charge in [0.15, 0.2) is 5.75 Å². The van der Waals surface area contributed by atoms with Gasteiger partial charge in [-0.3, -0.25) is 10.1 Å². The smallest absolute Gasteiger partial charge is 0.313 e. The summed E-state index contributed by atoms with van der Waals surface area (Å²) < 4.78 is 18.7. The third kappa shape index (κ3) is 3.54. The standard InChI is InChI=1S/C12H14ClFN2O3/c13-9-4-12(11(16(17)18)5-10(9)14)19-7-8-2-1-3-15-6-8/h4-5,8,15H,1-3,6-7H2. The molecule has 1 unspecified atom stereocenters. The van der Waals surface area contributed by atoms with E-state index in [0.717, 1.165) is 38.1 Å². The van der Waals surface area contributed by atoms with E-state index in [2.05, 4.69) is 5.32 Å². The van der Waals surface area contributed by atoms with Gasteiger partial charge in [-0.05, 0) is 19.4 Å². The van der Waals surface area contributed by atoms with Gasteiger partial charge < -0.3 is 10.1 Å². The van der Waals surface area contributed by atoms with Crippen molar-refractivity contribution >= 4 is 17.3 Å². The molecule has 5 nitrogen and oxygen atoms in total. The van der Waals surface area contributed by atoms with Crippen LogP contribution in [0.4, 0.5) is 10.1 Å². The number of piperidine rings is 1. The van der Waals surface area contributed by atoms with E-state index in [0.29, 0.717) is 12.5 Å². The van der Waals surface area contributed by atoms with Gasteiger partial charge in [-0.15, -0.1) is 0 Å². The summed E-state index contributed by atoms with van der Waals surface area (Å²) in [7, 11) is 0. The molecule has 1 heterocycles. The summed E-state index contributed by atoms with van der Waals surface area (Å²) in [6.07, 6.45) is 2.07. The van der Waals surface area contributed by atoms with Crippen LogP contribution in [0.3, 0.4) is 0 Å². The fourth-order valence-corrected chi connectivity index (χ4v) is 2.20. The predicted molar refractivity (Wildman–Crippen MR) is 69.2 cm³/mol. The lowest BCUT2D eigenvalue weighted by Gasteiger charge is -2.22. The number of ether oxygens (including phenoxy) is 1. The van der Waals surface area contributed by atoms with Crippen molar-refractivity contribution in [3.63, 3.8) is 0 Å². The maximum Gasteiger partial charge on any atom is 0.313 e.